The highest BCUT2D eigenvalue weighted by atomic mass is 15.1. The third kappa shape index (κ3) is 4.67. The molecule has 0 atom stereocenters. The number of aromatic nitrogens is 5. The number of hydrogen-bond acceptors (Lipinski definition) is 3. The molecule has 0 N–H and O–H groups in total. The first-order valence-corrected chi connectivity index (χ1v) is 17.2. The fourth-order valence-electron chi connectivity index (χ4n) is 7.60. The largest absolute Gasteiger partial charge is 0.309 e. The second-order valence-corrected chi connectivity index (χ2v) is 13.0. The van der Waals surface area contributed by atoms with Crippen LogP contribution in [0.25, 0.3) is 89.2 Å². The molecule has 10 rings (SSSR count). The molecule has 0 aliphatic rings. The van der Waals surface area contributed by atoms with Crippen LogP contribution in [0.4, 0.5) is 0 Å². The number of rotatable bonds is 5. The van der Waals surface area contributed by atoms with Crippen molar-refractivity contribution in [1.82, 2.24) is 24.1 Å². The Labute approximate surface area is 294 Å². The van der Waals surface area contributed by atoms with E-state index in [1.54, 1.807) is 0 Å². The fraction of sp³-hybridized carbons (Fsp3) is 0.0217. The Morgan fingerprint density at radius 1 is 0.412 bits per heavy atom. The Balaban J connectivity index is 1.29. The number of fused-ring (bicyclic) bond motifs is 7. The van der Waals surface area contributed by atoms with Crippen molar-refractivity contribution in [2.75, 3.05) is 0 Å². The quantitative estimate of drug-likeness (QED) is 0.186. The summed E-state index contributed by atoms with van der Waals surface area (Å²) in [4.78, 5) is 15.3. The molecule has 0 saturated carbocycles. The standard InChI is InChI=1S/C46H31N5/c1-30-15-14-18-32(29-30)45-47-44(31-16-4-2-5-17-31)48-46(49-45)37-23-10-13-26-40(37)51-39-25-12-9-22-36(39)42-41(51)28-27-35-34-21-8-11-24-38(34)50(43(35)42)33-19-6-3-7-20-33/h2-29H,1H3. The number of aryl methyl sites for hydroxylation is 1. The average Bonchev–Trinajstić information content (AvgIpc) is 3.71. The molecule has 0 spiro atoms. The first-order valence-electron chi connectivity index (χ1n) is 17.2. The van der Waals surface area contributed by atoms with Crippen LogP contribution in [-0.4, -0.2) is 24.1 Å². The van der Waals surface area contributed by atoms with E-state index < -0.39 is 0 Å². The van der Waals surface area contributed by atoms with Crippen LogP contribution in [0.15, 0.2) is 170 Å². The molecule has 0 fully saturated rings. The van der Waals surface area contributed by atoms with E-state index in [0.29, 0.717) is 17.5 Å². The third-order valence-corrected chi connectivity index (χ3v) is 9.81. The van der Waals surface area contributed by atoms with Gasteiger partial charge in [0.2, 0.25) is 0 Å². The lowest BCUT2D eigenvalue weighted by Crippen LogP contribution is -2.03. The lowest BCUT2D eigenvalue weighted by atomic mass is 10.1. The first-order chi connectivity index (χ1) is 25.2. The number of hydrogen-bond donors (Lipinski definition) is 0. The Hall–Kier alpha value is -6.85. The van der Waals surface area contributed by atoms with Crippen molar-refractivity contribution in [1.29, 1.82) is 0 Å². The highest BCUT2D eigenvalue weighted by Gasteiger charge is 2.23. The molecule has 5 heteroatoms. The summed E-state index contributed by atoms with van der Waals surface area (Å²) >= 11 is 0. The maximum Gasteiger partial charge on any atom is 0.166 e. The van der Waals surface area contributed by atoms with Gasteiger partial charge < -0.3 is 9.13 Å². The number of para-hydroxylation sites is 4. The van der Waals surface area contributed by atoms with Gasteiger partial charge in [-0.3, -0.25) is 0 Å². The second kappa shape index (κ2) is 11.6. The fourth-order valence-corrected chi connectivity index (χ4v) is 7.60. The topological polar surface area (TPSA) is 48.5 Å². The molecule has 0 radical (unpaired) electrons. The zero-order chi connectivity index (χ0) is 33.9. The molecule has 240 valence electrons. The summed E-state index contributed by atoms with van der Waals surface area (Å²) in [5.74, 6) is 1.92. The molecular weight excluding hydrogens is 623 g/mol. The monoisotopic (exact) mass is 653 g/mol. The summed E-state index contributed by atoms with van der Waals surface area (Å²) in [5.41, 5.74) is 10.7. The van der Waals surface area contributed by atoms with Gasteiger partial charge in [0.1, 0.15) is 0 Å². The first kappa shape index (κ1) is 29.1. The molecule has 3 aromatic heterocycles. The van der Waals surface area contributed by atoms with Crippen molar-refractivity contribution < 1.29 is 0 Å². The Bertz CT molecular complexity index is 2920. The molecule has 0 aliphatic carbocycles. The van der Waals surface area contributed by atoms with Gasteiger partial charge in [-0.25, -0.2) is 15.0 Å². The normalized spacial score (nSPS) is 11.6. The summed E-state index contributed by atoms with van der Waals surface area (Å²) in [6, 6.07) is 59.6. The van der Waals surface area contributed by atoms with Crippen molar-refractivity contribution >= 4 is 43.6 Å². The van der Waals surface area contributed by atoms with Crippen LogP contribution >= 0.6 is 0 Å². The minimum atomic E-state index is 0.626. The molecule has 10 aromatic rings. The van der Waals surface area contributed by atoms with Crippen LogP contribution < -0.4 is 0 Å². The van der Waals surface area contributed by atoms with Crippen molar-refractivity contribution in [3.05, 3.63) is 175 Å². The van der Waals surface area contributed by atoms with Crippen LogP contribution in [0.3, 0.4) is 0 Å². The molecule has 7 aromatic carbocycles. The van der Waals surface area contributed by atoms with Gasteiger partial charge in [-0.1, -0.05) is 127 Å². The Kier molecular flexibility index (Phi) is 6.64. The predicted octanol–water partition coefficient (Wildman–Crippen LogP) is 11.4. The Morgan fingerprint density at radius 2 is 1.02 bits per heavy atom. The van der Waals surface area contributed by atoms with Gasteiger partial charge in [-0.05, 0) is 55.5 Å². The van der Waals surface area contributed by atoms with E-state index in [-0.39, 0.29) is 0 Å². The summed E-state index contributed by atoms with van der Waals surface area (Å²) in [6.45, 7) is 2.09. The molecule has 3 heterocycles. The molecular formula is C46H31N5. The zero-order valence-corrected chi connectivity index (χ0v) is 27.9. The molecule has 0 aliphatic heterocycles. The third-order valence-electron chi connectivity index (χ3n) is 9.81. The van der Waals surface area contributed by atoms with E-state index in [2.05, 4.69) is 168 Å². The highest BCUT2D eigenvalue weighted by molar-refractivity contribution is 6.26. The molecule has 0 saturated heterocycles. The minimum Gasteiger partial charge on any atom is -0.309 e. The smallest absolute Gasteiger partial charge is 0.166 e. The van der Waals surface area contributed by atoms with Crippen LogP contribution in [0.2, 0.25) is 0 Å². The minimum absolute atomic E-state index is 0.626. The van der Waals surface area contributed by atoms with Gasteiger partial charge in [0.15, 0.2) is 17.5 Å². The van der Waals surface area contributed by atoms with Crippen molar-refractivity contribution in [3.63, 3.8) is 0 Å². The molecule has 0 bridgehead atoms. The van der Waals surface area contributed by atoms with Gasteiger partial charge in [0.05, 0.1) is 27.8 Å². The maximum atomic E-state index is 5.16. The van der Waals surface area contributed by atoms with Gasteiger partial charge in [0, 0.05) is 43.9 Å². The van der Waals surface area contributed by atoms with Gasteiger partial charge >= 0.3 is 0 Å². The SMILES string of the molecule is Cc1cccc(-c2nc(-c3ccccc3)nc(-c3ccccc3-n3c4ccccc4c4c3ccc3c5ccccc5n(-c5ccccc5)c34)n2)c1. The summed E-state index contributed by atoms with van der Waals surface area (Å²) in [5, 5.41) is 4.86. The summed E-state index contributed by atoms with van der Waals surface area (Å²) in [7, 11) is 0. The predicted molar refractivity (Wildman–Crippen MR) is 210 cm³/mol. The van der Waals surface area contributed by atoms with Crippen LogP contribution in [0.1, 0.15) is 5.56 Å². The molecule has 0 amide bonds. The lowest BCUT2D eigenvalue weighted by molar-refractivity contribution is 1.06. The van der Waals surface area contributed by atoms with Gasteiger partial charge in [0.25, 0.3) is 0 Å². The van der Waals surface area contributed by atoms with Crippen molar-refractivity contribution in [2.24, 2.45) is 0 Å². The molecule has 5 nitrogen and oxygen atoms in total. The number of nitrogens with zero attached hydrogens (tertiary/aromatic N) is 5. The molecule has 0 unspecified atom stereocenters. The second-order valence-electron chi connectivity index (χ2n) is 13.0. The van der Waals surface area contributed by atoms with Gasteiger partial charge in [-0.15, -0.1) is 0 Å². The van der Waals surface area contributed by atoms with E-state index in [4.69, 9.17) is 15.0 Å². The van der Waals surface area contributed by atoms with E-state index in [1.807, 2.05) is 18.2 Å². The average molecular weight is 654 g/mol. The molecule has 51 heavy (non-hydrogen) atoms. The zero-order valence-electron chi connectivity index (χ0n) is 27.9. The summed E-state index contributed by atoms with van der Waals surface area (Å²) in [6.07, 6.45) is 0. The lowest BCUT2D eigenvalue weighted by Gasteiger charge is -2.15. The van der Waals surface area contributed by atoms with E-state index >= 15 is 0 Å². The van der Waals surface area contributed by atoms with Crippen LogP contribution in [0, 0.1) is 6.92 Å². The maximum absolute atomic E-state index is 5.16. The Morgan fingerprint density at radius 3 is 1.80 bits per heavy atom. The van der Waals surface area contributed by atoms with Crippen molar-refractivity contribution in [2.45, 2.75) is 6.92 Å². The van der Waals surface area contributed by atoms with E-state index in [9.17, 15) is 0 Å². The van der Waals surface area contributed by atoms with Gasteiger partial charge in [-0.2, -0.15) is 0 Å². The van der Waals surface area contributed by atoms with E-state index in [0.717, 1.165) is 44.7 Å². The van der Waals surface area contributed by atoms with Crippen LogP contribution in [0.5, 0.6) is 0 Å². The highest BCUT2D eigenvalue weighted by Crippen LogP contribution is 2.43. The van der Waals surface area contributed by atoms with E-state index in [1.165, 1.54) is 32.6 Å². The van der Waals surface area contributed by atoms with Crippen molar-refractivity contribution in [3.8, 4) is 45.5 Å². The number of benzene rings is 7. The van der Waals surface area contributed by atoms with Crippen LogP contribution in [-0.2, 0) is 0 Å². The summed E-state index contributed by atoms with van der Waals surface area (Å²) < 4.78 is 4.80.